The Hall–Kier alpha value is -1.82. The Bertz CT molecular complexity index is 1060. The fourth-order valence-electron chi connectivity index (χ4n) is 4.08. The molecule has 1 aliphatic carbocycles. The zero-order valence-corrected chi connectivity index (χ0v) is 20.3. The predicted molar refractivity (Wildman–Crippen MR) is 90.9 cm³/mol. The number of hydrogen-bond donors (Lipinski definition) is 0. The molecule has 1 fully saturated rings. The van der Waals surface area contributed by atoms with Gasteiger partial charge in [-0.3, -0.25) is 0 Å². The summed E-state index contributed by atoms with van der Waals surface area (Å²) in [5.74, 6) is -97.5. The van der Waals surface area contributed by atoms with E-state index in [2.05, 4.69) is 6.92 Å². The van der Waals surface area contributed by atoms with E-state index >= 15 is 0 Å². The van der Waals surface area contributed by atoms with Gasteiger partial charge in [0.1, 0.15) is 0 Å². The summed E-state index contributed by atoms with van der Waals surface area (Å²) in [6, 6.07) is 0. The summed E-state index contributed by atoms with van der Waals surface area (Å²) in [7, 11) is 0. The van der Waals surface area contributed by atoms with Crippen LogP contribution in [0.5, 0.6) is 0 Å². The summed E-state index contributed by atoms with van der Waals surface area (Å²) in [5.41, 5.74) is 0. The first-order chi connectivity index (χ1) is 19.2. The van der Waals surface area contributed by atoms with Crippen molar-refractivity contribution in [3.05, 3.63) is 13.3 Å². The van der Waals surface area contributed by atoms with Crippen LogP contribution in [0.4, 0.5) is 114 Å². The van der Waals surface area contributed by atoms with Crippen molar-refractivity contribution in [3.63, 3.8) is 0 Å². The largest absolute Gasteiger partial charge is 0.460 e. The summed E-state index contributed by atoms with van der Waals surface area (Å²) in [5, 5.41) is 0. The van der Waals surface area contributed by atoms with Gasteiger partial charge in [0, 0.05) is 11.8 Å². The summed E-state index contributed by atoms with van der Waals surface area (Å²) < 4.78 is 351. The highest BCUT2D eigenvalue weighted by atomic mass is 19.4. The average Bonchev–Trinajstić information content (AvgIpc) is 3.27. The van der Waals surface area contributed by atoms with Gasteiger partial charge >= 0.3 is 71.6 Å². The lowest BCUT2D eigenvalue weighted by atomic mass is 9.73. The second-order valence-electron chi connectivity index (χ2n) is 9.41. The Labute approximate surface area is 231 Å². The summed E-state index contributed by atoms with van der Waals surface area (Å²) >= 11 is 0. The van der Waals surface area contributed by atoms with Gasteiger partial charge in [-0.25, -0.2) is 0 Å². The van der Waals surface area contributed by atoms with Crippen LogP contribution in [0.3, 0.4) is 0 Å². The van der Waals surface area contributed by atoms with Crippen LogP contribution in [0.1, 0.15) is 12.8 Å². The predicted octanol–water partition coefficient (Wildman–Crippen LogP) is 10.1. The lowest BCUT2D eigenvalue weighted by Crippen LogP contribution is -2.73. The molecule has 1 aliphatic rings. The van der Waals surface area contributed by atoms with E-state index in [0.29, 0.717) is 0 Å². The third kappa shape index (κ3) is 5.13. The zero-order valence-electron chi connectivity index (χ0n) is 20.3. The van der Waals surface area contributed by atoms with Gasteiger partial charge in [0.05, 0.1) is 0 Å². The van der Waals surface area contributed by atoms with Crippen LogP contribution in [0, 0.1) is 31.1 Å². The lowest BCUT2D eigenvalue weighted by Gasteiger charge is -2.46. The van der Waals surface area contributed by atoms with E-state index in [1.54, 1.807) is 0 Å². The highest BCUT2D eigenvalue weighted by Gasteiger charge is 2.94. The molecule has 0 N–H and O–H groups in total. The fourth-order valence-corrected chi connectivity index (χ4v) is 4.08. The van der Waals surface area contributed by atoms with Crippen molar-refractivity contribution in [1.82, 2.24) is 0 Å². The van der Waals surface area contributed by atoms with Crippen molar-refractivity contribution in [2.45, 2.75) is 84.4 Å². The number of halogens is 26. The van der Waals surface area contributed by atoms with Gasteiger partial charge in [0.15, 0.2) is 0 Å². The second kappa shape index (κ2) is 10.6. The number of alkyl halides is 26. The molecule has 0 aromatic heterocycles. The maximum atomic E-state index is 14.8. The van der Waals surface area contributed by atoms with E-state index in [0.717, 1.165) is 0 Å². The van der Waals surface area contributed by atoms with Gasteiger partial charge < -0.3 is 0 Å². The van der Waals surface area contributed by atoms with Crippen molar-refractivity contribution in [2.24, 2.45) is 17.8 Å². The van der Waals surface area contributed by atoms with Gasteiger partial charge in [-0.15, -0.1) is 0 Å². The molecule has 1 rings (SSSR count). The molecule has 26 heteroatoms. The minimum absolute atomic E-state index is 1.02. The van der Waals surface area contributed by atoms with Crippen LogP contribution in [-0.2, 0) is 0 Å². The highest BCUT2D eigenvalue weighted by molar-refractivity contribution is 5.20. The van der Waals surface area contributed by atoms with Crippen LogP contribution >= 0.6 is 0 Å². The van der Waals surface area contributed by atoms with Crippen molar-refractivity contribution < 1.29 is 114 Å². The van der Waals surface area contributed by atoms with Crippen LogP contribution in [0.15, 0.2) is 0 Å². The molecule has 0 amide bonds. The van der Waals surface area contributed by atoms with Gasteiger partial charge in [0.25, 0.3) is 0 Å². The first-order valence-corrected chi connectivity index (χ1v) is 10.7. The van der Waals surface area contributed by atoms with Gasteiger partial charge in [-0.2, -0.15) is 114 Å². The summed E-state index contributed by atoms with van der Waals surface area (Å²) in [6.07, 6.45) is -20.6. The second-order valence-corrected chi connectivity index (χ2v) is 9.41. The molecule has 45 heavy (non-hydrogen) atoms. The minimum atomic E-state index is -8.75. The van der Waals surface area contributed by atoms with Gasteiger partial charge in [-0.05, 0) is 25.2 Å². The molecular formula is C19H10F26. The van der Waals surface area contributed by atoms with E-state index in [-0.39, 0.29) is 0 Å². The Kier molecular flexibility index (Phi) is 9.70. The molecule has 3 atom stereocenters. The Morgan fingerprint density at radius 2 is 0.667 bits per heavy atom. The van der Waals surface area contributed by atoms with Gasteiger partial charge in [0.2, 0.25) is 0 Å². The normalized spacial score (nSPS) is 23.1. The monoisotopic (exact) mass is 732 g/mol. The SMILES string of the molecule is [CH2]CC1C[CH]C(C(F)(F)C(F)(F)C(F)(F)C(F)(F)C(F)(F)C(F)(F)F)C1C(F)(F)C(F)(F)C(F)(F)C(F)(F)C(F)(F)C(F)(F)F. The zero-order chi connectivity index (χ0) is 36.9. The first kappa shape index (κ1) is 41.2. The average molecular weight is 732 g/mol. The van der Waals surface area contributed by atoms with E-state index < -0.39 is 109 Å². The van der Waals surface area contributed by atoms with Crippen LogP contribution in [0.2, 0.25) is 0 Å². The van der Waals surface area contributed by atoms with Crippen molar-refractivity contribution in [1.29, 1.82) is 0 Å². The van der Waals surface area contributed by atoms with E-state index in [4.69, 9.17) is 0 Å². The van der Waals surface area contributed by atoms with Crippen LogP contribution in [-0.4, -0.2) is 71.6 Å². The van der Waals surface area contributed by atoms with Crippen LogP contribution < -0.4 is 0 Å². The molecule has 3 unspecified atom stereocenters. The summed E-state index contributed by atoms with van der Waals surface area (Å²) in [4.78, 5) is 0. The molecule has 0 spiro atoms. The number of rotatable bonds is 11. The molecule has 268 valence electrons. The Balaban J connectivity index is 3.96. The smallest absolute Gasteiger partial charge is 0.199 e. The third-order valence-corrected chi connectivity index (χ3v) is 6.71. The first-order valence-electron chi connectivity index (χ1n) is 10.7. The minimum Gasteiger partial charge on any atom is -0.199 e. The van der Waals surface area contributed by atoms with E-state index in [9.17, 15) is 114 Å². The molecule has 0 bridgehead atoms. The maximum Gasteiger partial charge on any atom is 0.460 e. The number of hydrogen-bond acceptors (Lipinski definition) is 0. The summed E-state index contributed by atoms with van der Waals surface area (Å²) in [6.45, 7) is 2.49. The standard InChI is InChI=1S/C19H10F26/c1-2-5-3-4-6(8(20,21)10(24,25)12(28,29)14(32,33)16(36,37)18(40,41)42)7(5)9(22,23)11(26,27)13(30,31)15(34,35)17(38,39)19(43,44)45/h4-7H,1-3H2. The van der Waals surface area contributed by atoms with Crippen molar-refractivity contribution in [2.75, 3.05) is 0 Å². The molecule has 0 saturated heterocycles. The quantitative estimate of drug-likeness (QED) is 0.186. The third-order valence-electron chi connectivity index (χ3n) is 6.71. The molecule has 0 aromatic carbocycles. The molecular weight excluding hydrogens is 722 g/mol. The Morgan fingerprint density at radius 3 is 0.933 bits per heavy atom. The van der Waals surface area contributed by atoms with Crippen molar-refractivity contribution >= 4 is 0 Å². The fraction of sp³-hybridized carbons (Fsp3) is 0.895. The highest BCUT2D eigenvalue weighted by Crippen LogP contribution is 2.68. The van der Waals surface area contributed by atoms with Crippen molar-refractivity contribution in [3.8, 4) is 0 Å². The molecule has 0 heterocycles. The van der Waals surface area contributed by atoms with Crippen LogP contribution in [0.25, 0.3) is 0 Å². The Morgan fingerprint density at radius 1 is 0.400 bits per heavy atom. The molecule has 1 saturated carbocycles. The van der Waals surface area contributed by atoms with E-state index in [1.807, 2.05) is 0 Å². The molecule has 0 aromatic rings. The molecule has 0 nitrogen and oxygen atoms in total. The lowest BCUT2D eigenvalue weighted by molar-refractivity contribution is -0.451. The molecule has 0 aliphatic heterocycles. The van der Waals surface area contributed by atoms with E-state index in [1.165, 1.54) is 0 Å². The maximum absolute atomic E-state index is 14.8. The van der Waals surface area contributed by atoms with Gasteiger partial charge in [-0.1, -0.05) is 6.92 Å². The topological polar surface area (TPSA) is 0 Å². The molecule has 2 radical (unpaired) electrons.